The van der Waals surface area contributed by atoms with E-state index in [4.69, 9.17) is 22.2 Å². The Morgan fingerprint density at radius 3 is 3.07 bits per heavy atom. The van der Waals surface area contributed by atoms with Crippen LogP contribution < -0.4 is 21.5 Å². The highest BCUT2D eigenvalue weighted by Gasteiger charge is 2.31. The predicted molar refractivity (Wildman–Crippen MR) is 110 cm³/mol. The minimum atomic E-state index is -0.633. The maximum Gasteiger partial charge on any atom is 0.409 e. The number of aromatic nitrogens is 2. The van der Waals surface area contributed by atoms with Crippen molar-refractivity contribution in [2.45, 2.75) is 32.0 Å². The average Bonchev–Trinajstić information content (AvgIpc) is 3.17. The monoisotopic (exact) mass is 435 g/mol. The van der Waals surface area contributed by atoms with Crippen LogP contribution in [0.1, 0.15) is 25.6 Å². The Balaban J connectivity index is 1.56. The molecule has 1 fully saturated rings. The maximum absolute atomic E-state index is 14.6. The van der Waals surface area contributed by atoms with Crippen molar-refractivity contribution in [2.24, 2.45) is 5.84 Å². The van der Waals surface area contributed by atoms with Crippen LogP contribution in [0.3, 0.4) is 0 Å². The standard InChI is InChI=1S/C19H23ClFN7O2/c1-2-30-19(29)27-5-3-4-12(10-27)28(22)18-15(21)9-25-17(26-18)14-8-24-16-13(14)6-11(20)7-23-16/h6-9,12,16,23-24H,2-5,10,22H2,1H3/t12-,16?/m0/s1. The summed E-state index contributed by atoms with van der Waals surface area (Å²) in [4.78, 5) is 22.2. The van der Waals surface area contributed by atoms with Gasteiger partial charge in [-0.2, -0.15) is 0 Å². The van der Waals surface area contributed by atoms with Crippen molar-refractivity contribution in [3.8, 4) is 0 Å². The summed E-state index contributed by atoms with van der Waals surface area (Å²) in [7, 11) is 0. The molecule has 11 heteroatoms. The van der Waals surface area contributed by atoms with Crippen LogP contribution in [-0.2, 0) is 4.74 Å². The van der Waals surface area contributed by atoms with Crippen molar-refractivity contribution in [2.75, 3.05) is 24.7 Å². The molecule has 1 amide bonds. The Labute approximate surface area is 178 Å². The fourth-order valence-corrected chi connectivity index (χ4v) is 3.93. The topological polar surface area (TPSA) is 109 Å². The lowest BCUT2D eigenvalue weighted by Gasteiger charge is -2.37. The molecule has 160 valence electrons. The molecule has 0 radical (unpaired) electrons. The van der Waals surface area contributed by atoms with E-state index in [-0.39, 0.29) is 18.0 Å². The number of carbonyl (C=O) groups excluding carboxylic acids is 1. The summed E-state index contributed by atoms with van der Waals surface area (Å²) < 4.78 is 19.7. The van der Waals surface area contributed by atoms with E-state index in [1.54, 1.807) is 30.3 Å². The summed E-state index contributed by atoms with van der Waals surface area (Å²) >= 11 is 6.10. The van der Waals surface area contributed by atoms with Gasteiger partial charge in [-0.15, -0.1) is 0 Å². The molecule has 30 heavy (non-hydrogen) atoms. The summed E-state index contributed by atoms with van der Waals surface area (Å²) in [5.74, 6) is 5.93. The van der Waals surface area contributed by atoms with E-state index in [0.717, 1.165) is 18.2 Å². The van der Waals surface area contributed by atoms with E-state index in [1.807, 2.05) is 0 Å². The van der Waals surface area contributed by atoms with Crippen LogP contribution in [0.4, 0.5) is 15.0 Å². The SMILES string of the molecule is CCOC(=O)N1CCC[C@H](N(N)c2nc(C3=CNC4NC=C(Cl)C=C34)ncc2F)C1. The molecule has 4 rings (SSSR count). The zero-order chi connectivity index (χ0) is 21.3. The van der Waals surface area contributed by atoms with Crippen LogP contribution in [-0.4, -0.2) is 52.9 Å². The first-order chi connectivity index (χ1) is 14.5. The molecule has 0 spiro atoms. The van der Waals surface area contributed by atoms with Gasteiger partial charge < -0.3 is 20.3 Å². The highest BCUT2D eigenvalue weighted by atomic mass is 35.5. The van der Waals surface area contributed by atoms with Crippen LogP contribution in [0.5, 0.6) is 0 Å². The summed E-state index contributed by atoms with van der Waals surface area (Å²) in [6, 6.07) is -0.295. The van der Waals surface area contributed by atoms with E-state index >= 15 is 0 Å². The van der Waals surface area contributed by atoms with Gasteiger partial charge in [0.15, 0.2) is 17.5 Å². The fraction of sp³-hybridized carbons (Fsp3) is 0.421. The number of piperidine rings is 1. The molecule has 0 aliphatic carbocycles. The summed E-state index contributed by atoms with van der Waals surface area (Å²) in [5.41, 5.74) is 1.56. The molecular weight excluding hydrogens is 413 g/mol. The minimum absolute atomic E-state index is 0.0222. The van der Waals surface area contributed by atoms with Gasteiger partial charge in [-0.25, -0.2) is 25.0 Å². The number of nitrogens with one attached hydrogen (secondary N) is 2. The number of hydrogen-bond acceptors (Lipinski definition) is 8. The number of amides is 1. The van der Waals surface area contributed by atoms with Crippen molar-refractivity contribution in [3.63, 3.8) is 0 Å². The van der Waals surface area contributed by atoms with Gasteiger partial charge in [-0.05, 0) is 25.8 Å². The number of nitrogens with two attached hydrogens (primary N) is 1. The zero-order valence-corrected chi connectivity index (χ0v) is 17.2. The molecule has 0 aromatic carbocycles. The second-order valence-electron chi connectivity index (χ2n) is 7.17. The molecule has 4 heterocycles. The Morgan fingerprint density at radius 1 is 1.47 bits per heavy atom. The van der Waals surface area contributed by atoms with Crippen LogP contribution in [0.25, 0.3) is 5.57 Å². The Bertz CT molecular complexity index is 935. The normalized spacial score (nSPS) is 22.8. The number of dihydropyridines is 1. The first-order valence-corrected chi connectivity index (χ1v) is 10.1. The largest absolute Gasteiger partial charge is 0.450 e. The first-order valence-electron chi connectivity index (χ1n) is 9.76. The van der Waals surface area contributed by atoms with Gasteiger partial charge in [0.1, 0.15) is 6.17 Å². The number of likely N-dealkylation sites (tertiary alicyclic amines) is 1. The number of rotatable bonds is 4. The van der Waals surface area contributed by atoms with Gasteiger partial charge >= 0.3 is 6.09 Å². The summed E-state index contributed by atoms with van der Waals surface area (Å²) in [6.07, 6.45) is 7.25. The molecule has 3 aliphatic heterocycles. The van der Waals surface area contributed by atoms with Crippen LogP contribution in [0, 0.1) is 5.82 Å². The van der Waals surface area contributed by atoms with Crippen molar-refractivity contribution in [3.05, 3.63) is 46.9 Å². The highest BCUT2D eigenvalue weighted by Crippen LogP contribution is 2.32. The predicted octanol–water partition coefficient (Wildman–Crippen LogP) is 1.80. The second-order valence-corrected chi connectivity index (χ2v) is 7.60. The van der Waals surface area contributed by atoms with Gasteiger partial charge in [0, 0.05) is 36.6 Å². The van der Waals surface area contributed by atoms with E-state index in [1.165, 1.54) is 5.01 Å². The third kappa shape index (κ3) is 3.92. The van der Waals surface area contributed by atoms with E-state index in [9.17, 15) is 9.18 Å². The molecule has 9 nitrogen and oxygen atoms in total. The van der Waals surface area contributed by atoms with E-state index < -0.39 is 11.9 Å². The number of anilines is 1. The van der Waals surface area contributed by atoms with E-state index in [2.05, 4.69) is 20.6 Å². The average molecular weight is 436 g/mol. The number of nitrogens with zero attached hydrogens (tertiary/aromatic N) is 4. The highest BCUT2D eigenvalue weighted by molar-refractivity contribution is 6.31. The molecule has 1 saturated heterocycles. The number of hydrogen-bond donors (Lipinski definition) is 3. The maximum atomic E-state index is 14.6. The lowest BCUT2D eigenvalue weighted by molar-refractivity contribution is 0.0953. The third-order valence-corrected chi connectivity index (χ3v) is 5.44. The smallest absolute Gasteiger partial charge is 0.409 e. The van der Waals surface area contributed by atoms with Crippen LogP contribution in [0.15, 0.2) is 35.3 Å². The molecule has 1 aromatic heterocycles. The van der Waals surface area contributed by atoms with Crippen molar-refractivity contribution in [1.82, 2.24) is 25.5 Å². The molecule has 0 saturated carbocycles. The fourth-order valence-electron chi connectivity index (χ4n) is 3.75. The lowest BCUT2D eigenvalue weighted by Crippen LogP contribution is -2.53. The van der Waals surface area contributed by atoms with Crippen molar-refractivity contribution < 1.29 is 13.9 Å². The van der Waals surface area contributed by atoms with Gasteiger partial charge in [0.05, 0.1) is 23.9 Å². The molecule has 1 unspecified atom stereocenters. The summed E-state index contributed by atoms with van der Waals surface area (Å²) in [5, 5.41) is 8.11. The Kier molecular flexibility index (Phi) is 5.78. The lowest BCUT2D eigenvalue weighted by atomic mass is 10.0. The summed E-state index contributed by atoms with van der Waals surface area (Å²) in [6.45, 7) is 2.96. The van der Waals surface area contributed by atoms with Crippen LogP contribution in [0.2, 0.25) is 0 Å². The number of hydrazine groups is 1. The molecule has 2 atom stereocenters. The Hall–Kier alpha value is -2.85. The number of halogens is 2. The van der Waals surface area contributed by atoms with Gasteiger partial charge in [-0.1, -0.05) is 11.6 Å². The molecule has 3 aliphatic rings. The Morgan fingerprint density at radius 2 is 2.27 bits per heavy atom. The quantitative estimate of drug-likeness (QED) is 0.485. The van der Waals surface area contributed by atoms with Crippen LogP contribution >= 0.6 is 11.6 Å². The molecular formula is C19H23ClFN7O2. The molecule has 0 bridgehead atoms. The van der Waals surface area contributed by atoms with Crippen molar-refractivity contribution >= 4 is 29.1 Å². The number of allylic oxidation sites excluding steroid dienone is 2. The first kappa shape index (κ1) is 20.4. The zero-order valence-electron chi connectivity index (χ0n) is 16.4. The molecule has 4 N–H and O–H groups in total. The van der Waals surface area contributed by atoms with Gasteiger partial charge in [0.25, 0.3) is 0 Å². The minimum Gasteiger partial charge on any atom is -0.450 e. The number of carbonyl (C=O) groups is 1. The van der Waals surface area contributed by atoms with Gasteiger partial charge in [0.2, 0.25) is 0 Å². The number of ether oxygens (including phenoxy) is 1. The van der Waals surface area contributed by atoms with Gasteiger partial charge in [-0.3, -0.25) is 5.01 Å². The number of fused-ring (bicyclic) bond motifs is 1. The van der Waals surface area contributed by atoms with E-state index in [0.29, 0.717) is 42.5 Å². The second kappa shape index (κ2) is 8.49. The van der Waals surface area contributed by atoms with Crippen molar-refractivity contribution in [1.29, 1.82) is 0 Å². The molecule has 1 aromatic rings. The third-order valence-electron chi connectivity index (χ3n) is 5.22.